The van der Waals surface area contributed by atoms with Crippen LogP contribution in [-0.2, 0) is 21.2 Å². The quantitative estimate of drug-likeness (QED) is 0.576. The number of hydrogen-bond donors (Lipinski definition) is 1. The van der Waals surface area contributed by atoms with Gasteiger partial charge < -0.3 is 9.88 Å². The summed E-state index contributed by atoms with van der Waals surface area (Å²) in [6.07, 6.45) is 3.51. The number of nitrogens with zero attached hydrogens (tertiary/aromatic N) is 4. The van der Waals surface area contributed by atoms with Crippen LogP contribution in [0.1, 0.15) is 51.4 Å². The van der Waals surface area contributed by atoms with Crippen molar-refractivity contribution in [2.24, 2.45) is 0 Å². The third kappa shape index (κ3) is 6.18. The van der Waals surface area contributed by atoms with Crippen molar-refractivity contribution < 1.29 is 13.2 Å². The van der Waals surface area contributed by atoms with E-state index in [2.05, 4.69) is 38.8 Å². The first kappa shape index (κ1) is 22.2. The average molecular weight is 418 g/mol. The van der Waals surface area contributed by atoms with Crippen molar-refractivity contribution in [3.8, 4) is 0 Å². The van der Waals surface area contributed by atoms with Crippen LogP contribution in [0.25, 0.3) is 0 Å². The minimum absolute atomic E-state index is 0.0429. The molecule has 1 N–H and O–H groups in total. The van der Waals surface area contributed by atoms with E-state index in [1.54, 1.807) is 0 Å². The van der Waals surface area contributed by atoms with Crippen LogP contribution in [0.15, 0.2) is 5.16 Å². The second kappa shape index (κ2) is 9.88. The lowest BCUT2D eigenvalue weighted by molar-refractivity contribution is -0.119. The smallest absolute Gasteiger partial charge is 0.230 e. The lowest BCUT2D eigenvalue weighted by Crippen LogP contribution is -2.36. The summed E-state index contributed by atoms with van der Waals surface area (Å²) in [5, 5.41) is 12.3. The summed E-state index contributed by atoms with van der Waals surface area (Å²) in [7, 11) is 1.07. The number of aromatic nitrogens is 3. The van der Waals surface area contributed by atoms with E-state index in [1.165, 1.54) is 11.8 Å². The van der Waals surface area contributed by atoms with E-state index in [0.717, 1.165) is 36.8 Å². The molecule has 1 aromatic heterocycles. The summed E-state index contributed by atoms with van der Waals surface area (Å²) in [6.45, 7) is 5.09. The fraction of sp³-hybridized carbons (Fsp3) is 0.824. The Kier molecular flexibility index (Phi) is 8.11. The molecule has 1 amide bonds. The van der Waals surface area contributed by atoms with Gasteiger partial charge in [-0.1, -0.05) is 32.0 Å². The molecule has 27 heavy (non-hydrogen) atoms. The molecule has 2 rings (SSSR count). The molecule has 1 fully saturated rings. The molecule has 1 aliphatic heterocycles. The third-order valence-corrected chi connectivity index (χ3v) is 7.45. The number of unbranched alkanes of at least 4 members (excludes halogenated alkanes) is 1. The van der Waals surface area contributed by atoms with Gasteiger partial charge in [-0.2, -0.15) is 0 Å². The van der Waals surface area contributed by atoms with Crippen LogP contribution in [-0.4, -0.2) is 71.4 Å². The highest BCUT2D eigenvalue weighted by atomic mass is 32.2. The van der Waals surface area contributed by atoms with E-state index in [1.807, 2.05) is 14.1 Å². The Morgan fingerprint density at radius 3 is 2.67 bits per heavy atom. The summed E-state index contributed by atoms with van der Waals surface area (Å²) in [6, 6.07) is -0.0870. The summed E-state index contributed by atoms with van der Waals surface area (Å²) in [5.41, 5.74) is 0. The van der Waals surface area contributed by atoms with Crippen LogP contribution in [0.5, 0.6) is 0 Å². The molecule has 2 atom stereocenters. The summed E-state index contributed by atoms with van der Waals surface area (Å²) in [5.74, 6) is 1.18. The van der Waals surface area contributed by atoms with E-state index >= 15 is 0 Å². The lowest BCUT2D eigenvalue weighted by atomic mass is 10.2. The van der Waals surface area contributed by atoms with Gasteiger partial charge in [0.2, 0.25) is 5.91 Å². The Labute approximate surface area is 166 Å². The van der Waals surface area contributed by atoms with Crippen LogP contribution in [0, 0.1) is 0 Å². The second-order valence-electron chi connectivity index (χ2n) is 7.19. The number of nitrogens with one attached hydrogen (secondary N) is 1. The van der Waals surface area contributed by atoms with Gasteiger partial charge in [-0.15, -0.1) is 10.2 Å². The monoisotopic (exact) mass is 417 g/mol. The van der Waals surface area contributed by atoms with Crippen molar-refractivity contribution in [2.45, 2.75) is 63.3 Å². The normalized spacial score (nSPS) is 20.1. The minimum atomic E-state index is -3.00. The molecule has 0 aromatic carbocycles. The molecule has 1 aromatic rings. The number of hydrogen-bond acceptors (Lipinski definition) is 7. The van der Waals surface area contributed by atoms with Gasteiger partial charge in [0, 0.05) is 12.6 Å². The molecule has 0 aliphatic carbocycles. The van der Waals surface area contributed by atoms with Crippen LogP contribution in [0.2, 0.25) is 0 Å². The molecule has 0 spiro atoms. The van der Waals surface area contributed by atoms with Crippen LogP contribution in [0.4, 0.5) is 0 Å². The van der Waals surface area contributed by atoms with Crippen LogP contribution >= 0.6 is 11.8 Å². The van der Waals surface area contributed by atoms with Crippen molar-refractivity contribution >= 4 is 27.5 Å². The van der Waals surface area contributed by atoms with Crippen molar-refractivity contribution in [1.29, 1.82) is 0 Å². The molecule has 154 valence electrons. The predicted octanol–water partition coefficient (Wildman–Crippen LogP) is 1.49. The van der Waals surface area contributed by atoms with Gasteiger partial charge in [0.1, 0.15) is 0 Å². The Morgan fingerprint density at radius 1 is 1.37 bits per heavy atom. The maximum absolute atomic E-state index is 12.2. The van der Waals surface area contributed by atoms with Crippen molar-refractivity contribution in [1.82, 2.24) is 25.0 Å². The van der Waals surface area contributed by atoms with Crippen molar-refractivity contribution in [2.75, 3.05) is 31.4 Å². The van der Waals surface area contributed by atoms with E-state index in [0.29, 0.717) is 6.42 Å². The molecule has 0 radical (unpaired) electrons. The first-order valence-corrected chi connectivity index (χ1v) is 12.3. The van der Waals surface area contributed by atoms with Gasteiger partial charge in [0.05, 0.1) is 23.3 Å². The van der Waals surface area contributed by atoms with Crippen LogP contribution < -0.4 is 5.32 Å². The molecule has 1 aliphatic rings. The topological polar surface area (TPSA) is 97.2 Å². The molecule has 0 unspecified atom stereocenters. The standard InChI is InChI=1S/C17H31N5O3S2/c1-5-7-9-22-16(14(6-2)21(3)4)19-20-17(22)26-11-15(23)18-13-8-10-27(24,25)12-13/h13-14H,5-12H2,1-4H3,(H,18,23)/t13-,14-/m1/s1. The average Bonchev–Trinajstić information content (AvgIpc) is 3.14. The molecule has 0 bridgehead atoms. The predicted molar refractivity (Wildman–Crippen MR) is 108 cm³/mol. The summed E-state index contributed by atoms with van der Waals surface area (Å²) >= 11 is 1.36. The lowest BCUT2D eigenvalue weighted by Gasteiger charge is -2.23. The highest BCUT2D eigenvalue weighted by Gasteiger charge is 2.29. The van der Waals surface area contributed by atoms with E-state index in [4.69, 9.17) is 0 Å². The maximum atomic E-state index is 12.2. The number of sulfone groups is 1. The first-order chi connectivity index (χ1) is 12.8. The fourth-order valence-electron chi connectivity index (χ4n) is 3.27. The molecular formula is C17H31N5O3S2. The number of amides is 1. The van der Waals surface area contributed by atoms with Crippen molar-refractivity contribution in [3.05, 3.63) is 5.82 Å². The zero-order valence-corrected chi connectivity index (χ0v) is 18.3. The summed E-state index contributed by atoms with van der Waals surface area (Å²) in [4.78, 5) is 14.4. The Bertz CT molecular complexity index is 733. The highest BCUT2D eigenvalue weighted by molar-refractivity contribution is 7.99. The highest BCUT2D eigenvalue weighted by Crippen LogP contribution is 2.25. The van der Waals surface area contributed by atoms with E-state index in [-0.39, 0.29) is 35.2 Å². The minimum Gasteiger partial charge on any atom is -0.352 e. The van der Waals surface area contributed by atoms with Gasteiger partial charge in [-0.25, -0.2) is 8.42 Å². The van der Waals surface area contributed by atoms with Gasteiger partial charge in [-0.3, -0.25) is 9.69 Å². The Hall–Kier alpha value is -1.13. The fourth-order valence-corrected chi connectivity index (χ4v) is 5.72. The molecule has 0 saturated carbocycles. The van der Waals surface area contributed by atoms with E-state index in [9.17, 15) is 13.2 Å². The number of carbonyl (C=O) groups is 1. The first-order valence-electron chi connectivity index (χ1n) is 9.49. The Balaban J connectivity index is 2.02. The van der Waals surface area contributed by atoms with Crippen molar-refractivity contribution in [3.63, 3.8) is 0 Å². The van der Waals surface area contributed by atoms with Gasteiger partial charge in [-0.05, 0) is 33.4 Å². The molecule has 2 heterocycles. The molecular weight excluding hydrogens is 386 g/mol. The Morgan fingerprint density at radius 2 is 2.11 bits per heavy atom. The maximum Gasteiger partial charge on any atom is 0.230 e. The van der Waals surface area contributed by atoms with Crippen LogP contribution in [0.3, 0.4) is 0 Å². The number of thioether (sulfide) groups is 1. The summed E-state index contributed by atoms with van der Waals surface area (Å²) < 4.78 is 25.2. The number of carbonyl (C=O) groups excluding carboxylic acids is 1. The van der Waals surface area contributed by atoms with Gasteiger partial charge in [0.25, 0.3) is 0 Å². The SMILES string of the molecule is CCCCn1c(SCC(=O)N[C@@H]2CCS(=O)(=O)C2)nnc1[C@@H](CC)N(C)C. The zero-order valence-electron chi connectivity index (χ0n) is 16.6. The number of rotatable bonds is 10. The van der Waals surface area contributed by atoms with E-state index < -0.39 is 9.84 Å². The molecule has 10 heteroatoms. The van der Waals surface area contributed by atoms with Gasteiger partial charge >= 0.3 is 0 Å². The molecule has 8 nitrogen and oxygen atoms in total. The largest absolute Gasteiger partial charge is 0.352 e. The second-order valence-corrected chi connectivity index (χ2v) is 10.4. The third-order valence-electron chi connectivity index (χ3n) is 4.72. The zero-order chi connectivity index (χ0) is 20.0. The van der Waals surface area contributed by atoms with Gasteiger partial charge in [0.15, 0.2) is 20.8 Å². The molecule has 1 saturated heterocycles.